The minimum absolute atomic E-state index is 0.0398. The molecule has 6 rings (SSSR count). The molecule has 5 nitrogen and oxygen atoms in total. The first kappa shape index (κ1) is 22.0. The van der Waals surface area contributed by atoms with Gasteiger partial charge in [0.15, 0.2) is 0 Å². The van der Waals surface area contributed by atoms with Crippen molar-refractivity contribution < 1.29 is 23.1 Å². The zero-order valence-electron chi connectivity index (χ0n) is 18.4. The number of likely N-dealkylation sites (tertiary alicyclic amines) is 1. The standard InChI is InChI=1S/C25H24F3N3O2S/c26-18-9-14(11-31-12-15(13-31)23(32)33)1-2-17(18)21-29-19-3-4-20(30-22(19)34-21)24(7-8-24)16-5-6-25(27,28)10-16/h1-4,9,15-16H,5-8,10-13H2,(H,32,33)/t16-/m0/s1. The minimum atomic E-state index is -2.57. The first-order valence-electron chi connectivity index (χ1n) is 11.6. The van der Waals surface area contributed by atoms with Crippen LogP contribution in [0.3, 0.4) is 0 Å². The molecule has 1 aromatic carbocycles. The summed E-state index contributed by atoms with van der Waals surface area (Å²) in [7, 11) is 0. The Morgan fingerprint density at radius 2 is 1.94 bits per heavy atom. The second kappa shape index (κ2) is 7.75. The first-order valence-corrected chi connectivity index (χ1v) is 12.4. The molecular weight excluding hydrogens is 463 g/mol. The van der Waals surface area contributed by atoms with Gasteiger partial charge < -0.3 is 5.11 Å². The number of carboxylic acid groups (broad SMARTS) is 1. The average molecular weight is 488 g/mol. The van der Waals surface area contributed by atoms with E-state index in [0.717, 1.165) is 24.1 Å². The van der Waals surface area contributed by atoms with Crippen LogP contribution >= 0.6 is 11.3 Å². The van der Waals surface area contributed by atoms with E-state index in [4.69, 9.17) is 10.1 Å². The van der Waals surface area contributed by atoms with Gasteiger partial charge in [-0.05, 0) is 55.0 Å². The molecule has 0 unspecified atom stereocenters. The molecule has 3 aliphatic rings. The van der Waals surface area contributed by atoms with Crippen LogP contribution < -0.4 is 0 Å². The first-order chi connectivity index (χ1) is 16.2. The Balaban J connectivity index is 1.22. The molecule has 0 spiro atoms. The maximum atomic E-state index is 15.0. The van der Waals surface area contributed by atoms with Crippen LogP contribution in [-0.4, -0.2) is 45.0 Å². The molecule has 2 saturated carbocycles. The van der Waals surface area contributed by atoms with E-state index >= 15 is 0 Å². The number of halogens is 3. The van der Waals surface area contributed by atoms with Crippen molar-refractivity contribution in [1.82, 2.24) is 14.9 Å². The predicted octanol–water partition coefficient (Wildman–Crippen LogP) is 5.48. The van der Waals surface area contributed by atoms with Gasteiger partial charge in [0.25, 0.3) is 0 Å². The lowest BCUT2D eigenvalue weighted by Gasteiger charge is -2.36. The second-order valence-electron chi connectivity index (χ2n) is 10.0. The van der Waals surface area contributed by atoms with Crippen LogP contribution in [0.15, 0.2) is 30.3 Å². The Kier molecular flexibility index (Phi) is 5.01. The zero-order valence-corrected chi connectivity index (χ0v) is 19.3. The van der Waals surface area contributed by atoms with Crippen LogP contribution in [0.1, 0.15) is 43.4 Å². The third-order valence-corrected chi connectivity index (χ3v) is 8.71. The van der Waals surface area contributed by atoms with Crippen molar-refractivity contribution in [3.05, 3.63) is 47.4 Å². The van der Waals surface area contributed by atoms with E-state index in [1.807, 2.05) is 23.1 Å². The van der Waals surface area contributed by atoms with Crippen LogP contribution in [0.25, 0.3) is 20.9 Å². The number of fused-ring (bicyclic) bond motifs is 1. The highest BCUT2D eigenvalue weighted by molar-refractivity contribution is 7.21. The number of hydrogen-bond acceptors (Lipinski definition) is 5. The van der Waals surface area contributed by atoms with Crippen LogP contribution in [0.5, 0.6) is 0 Å². The van der Waals surface area contributed by atoms with Gasteiger partial charge in [0.1, 0.15) is 21.2 Å². The number of aromatic nitrogens is 2. The Bertz CT molecular complexity index is 1280. The fourth-order valence-corrected chi connectivity index (χ4v) is 6.55. The quantitative estimate of drug-likeness (QED) is 0.499. The summed E-state index contributed by atoms with van der Waals surface area (Å²) >= 11 is 1.32. The molecule has 2 aliphatic carbocycles. The van der Waals surface area contributed by atoms with Gasteiger partial charge in [0.05, 0.1) is 5.92 Å². The van der Waals surface area contributed by atoms with Crippen LogP contribution in [0.4, 0.5) is 13.2 Å². The van der Waals surface area contributed by atoms with Crippen molar-refractivity contribution in [2.24, 2.45) is 11.8 Å². The van der Waals surface area contributed by atoms with Crippen molar-refractivity contribution in [1.29, 1.82) is 0 Å². The van der Waals surface area contributed by atoms with E-state index in [1.54, 1.807) is 6.07 Å². The Labute approximate surface area is 198 Å². The number of pyridine rings is 1. The Hall–Kier alpha value is -2.52. The number of carboxylic acids is 1. The molecule has 178 valence electrons. The molecule has 9 heteroatoms. The summed E-state index contributed by atoms with van der Waals surface area (Å²) in [4.78, 5) is 23.0. The minimum Gasteiger partial charge on any atom is -0.481 e. The summed E-state index contributed by atoms with van der Waals surface area (Å²) in [6.07, 6.45) is 2.20. The number of aliphatic carboxylic acids is 1. The normalized spacial score (nSPS) is 23.8. The molecule has 1 saturated heterocycles. The lowest BCUT2D eigenvalue weighted by atomic mass is 9.84. The fourth-order valence-electron chi connectivity index (χ4n) is 5.58. The number of alkyl halides is 2. The van der Waals surface area contributed by atoms with E-state index in [1.165, 1.54) is 17.4 Å². The molecule has 0 bridgehead atoms. The maximum absolute atomic E-state index is 15.0. The number of hydrogen-bond donors (Lipinski definition) is 1. The highest BCUT2D eigenvalue weighted by Gasteiger charge is 2.57. The smallest absolute Gasteiger partial charge is 0.309 e. The van der Waals surface area contributed by atoms with Crippen LogP contribution in [-0.2, 0) is 16.8 Å². The monoisotopic (exact) mass is 487 g/mol. The molecule has 1 aliphatic heterocycles. The van der Waals surface area contributed by atoms with E-state index in [0.29, 0.717) is 47.0 Å². The van der Waals surface area contributed by atoms with Crippen molar-refractivity contribution in [2.75, 3.05) is 13.1 Å². The molecule has 3 heterocycles. The number of nitrogens with zero attached hydrogens (tertiary/aromatic N) is 3. The fraction of sp³-hybridized carbons (Fsp3) is 0.480. The van der Waals surface area contributed by atoms with Crippen molar-refractivity contribution in [2.45, 2.75) is 50.0 Å². The average Bonchev–Trinajstić information content (AvgIpc) is 3.32. The number of benzene rings is 1. The molecule has 1 atom stereocenters. The van der Waals surface area contributed by atoms with Crippen molar-refractivity contribution in [3.63, 3.8) is 0 Å². The van der Waals surface area contributed by atoms with E-state index in [-0.39, 0.29) is 35.9 Å². The van der Waals surface area contributed by atoms with Crippen LogP contribution in [0, 0.1) is 17.7 Å². The third kappa shape index (κ3) is 3.79. The van der Waals surface area contributed by atoms with Gasteiger partial charge in [-0.25, -0.2) is 23.1 Å². The second-order valence-corrected chi connectivity index (χ2v) is 11.0. The van der Waals surface area contributed by atoms with Gasteiger partial charge in [-0.15, -0.1) is 0 Å². The van der Waals surface area contributed by atoms with Gasteiger partial charge in [-0.3, -0.25) is 9.69 Å². The van der Waals surface area contributed by atoms with Crippen molar-refractivity contribution in [3.8, 4) is 10.6 Å². The summed E-state index contributed by atoms with van der Waals surface area (Å²) in [6, 6.07) is 8.82. The molecule has 2 aromatic heterocycles. The summed E-state index contributed by atoms with van der Waals surface area (Å²) in [5.41, 5.74) is 2.48. The Morgan fingerprint density at radius 3 is 2.59 bits per heavy atom. The number of thiazole rings is 1. The summed E-state index contributed by atoms with van der Waals surface area (Å²) in [5, 5.41) is 9.53. The molecule has 1 N–H and O–H groups in total. The van der Waals surface area contributed by atoms with Gasteiger partial charge in [-0.1, -0.05) is 17.4 Å². The lowest BCUT2D eigenvalue weighted by molar-refractivity contribution is -0.147. The highest BCUT2D eigenvalue weighted by atomic mass is 32.1. The summed E-state index contributed by atoms with van der Waals surface area (Å²) in [6.45, 7) is 1.46. The zero-order chi connectivity index (χ0) is 23.7. The van der Waals surface area contributed by atoms with E-state index in [9.17, 15) is 18.0 Å². The Morgan fingerprint density at radius 1 is 1.15 bits per heavy atom. The van der Waals surface area contributed by atoms with E-state index < -0.39 is 11.9 Å². The van der Waals surface area contributed by atoms with Gasteiger partial charge in [-0.2, -0.15) is 0 Å². The molecule has 0 amide bonds. The highest BCUT2D eigenvalue weighted by Crippen LogP contribution is 2.60. The topological polar surface area (TPSA) is 66.3 Å². The van der Waals surface area contributed by atoms with E-state index in [2.05, 4.69) is 4.98 Å². The molecular formula is C25H24F3N3O2S. The largest absolute Gasteiger partial charge is 0.481 e. The summed E-state index contributed by atoms with van der Waals surface area (Å²) in [5.74, 6) is -4.12. The number of rotatable bonds is 6. The predicted molar refractivity (Wildman–Crippen MR) is 122 cm³/mol. The lowest BCUT2D eigenvalue weighted by Crippen LogP contribution is -2.49. The van der Waals surface area contributed by atoms with Gasteiger partial charge >= 0.3 is 5.97 Å². The SMILES string of the molecule is O=C(O)C1CN(Cc2ccc(-c3nc4ccc(C5([C@H]6CCC(F)(F)C6)CC5)nc4s3)c(F)c2)C1. The molecule has 3 fully saturated rings. The molecule has 0 radical (unpaired) electrons. The maximum Gasteiger partial charge on any atom is 0.309 e. The molecule has 3 aromatic rings. The number of carbonyl (C=O) groups is 1. The van der Waals surface area contributed by atoms with Gasteiger partial charge in [0, 0.05) is 49.1 Å². The van der Waals surface area contributed by atoms with Gasteiger partial charge in [0.2, 0.25) is 5.92 Å². The third-order valence-electron chi connectivity index (χ3n) is 7.72. The van der Waals surface area contributed by atoms with Crippen LogP contribution in [0.2, 0.25) is 0 Å². The van der Waals surface area contributed by atoms with Crippen molar-refractivity contribution >= 4 is 27.7 Å². The molecule has 34 heavy (non-hydrogen) atoms. The summed E-state index contributed by atoms with van der Waals surface area (Å²) < 4.78 is 42.6.